The van der Waals surface area contributed by atoms with Gasteiger partial charge in [-0.2, -0.15) is 0 Å². The van der Waals surface area contributed by atoms with Crippen molar-refractivity contribution >= 4 is 50.4 Å². The smallest absolute Gasteiger partial charge is 0.252 e. The quantitative estimate of drug-likeness (QED) is 0.374. The van der Waals surface area contributed by atoms with Gasteiger partial charge in [-0.3, -0.25) is 4.79 Å². The van der Waals surface area contributed by atoms with Crippen molar-refractivity contribution < 1.29 is 4.79 Å². The van der Waals surface area contributed by atoms with E-state index in [1.165, 1.54) is 15.6 Å². The fourth-order valence-electron chi connectivity index (χ4n) is 3.04. The molecule has 0 aliphatic rings. The van der Waals surface area contributed by atoms with Gasteiger partial charge < -0.3 is 5.32 Å². The van der Waals surface area contributed by atoms with E-state index in [1.807, 2.05) is 31.2 Å². The number of hydrogen-bond acceptors (Lipinski definition) is 5. The SMILES string of the molecule is Cc1nc(CSc2ccccc2C(=O)NCCc2csc3ccccc23)cs1. The molecule has 1 N–H and O–H groups in total. The number of fused-ring (bicyclic) bond motifs is 1. The van der Waals surface area contributed by atoms with E-state index in [-0.39, 0.29) is 5.91 Å². The molecule has 0 saturated heterocycles. The predicted octanol–water partition coefficient (Wildman–Crippen LogP) is 5.93. The van der Waals surface area contributed by atoms with Gasteiger partial charge in [-0.25, -0.2) is 4.98 Å². The molecule has 0 saturated carbocycles. The summed E-state index contributed by atoms with van der Waals surface area (Å²) < 4.78 is 1.29. The van der Waals surface area contributed by atoms with E-state index in [0.29, 0.717) is 6.54 Å². The van der Waals surface area contributed by atoms with Gasteiger partial charge >= 0.3 is 0 Å². The molecule has 28 heavy (non-hydrogen) atoms. The highest BCUT2D eigenvalue weighted by atomic mass is 32.2. The molecule has 4 rings (SSSR count). The maximum atomic E-state index is 12.7. The van der Waals surface area contributed by atoms with E-state index >= 15 is 0 Å². The van der Waals surface area contributed by atoms with Crippen LogP contribution in [0.15, 0.2) is 64.2 Å². The van der Waals surface area contributed by atoms with Gasteiger partial charge in [-0.05, 0) is 47.9 Å². The van der Waals surface area contributed by atoms with Crippen LogP contribution in [0.5, 0.6) is 0 Å². The minimum Gasteiger partial charge on any atom is -0.352 e. The van der Waals surface area contributed by atoms with E-state index in [4.69, 9.17) is 0 Å². The lowest BCUT2D eigenvalue weighted by Crippen LogP contribution is -2.26. The number of thioether (sulfide) groups is 1. The molecule has 0 fully saturated rings. The highest BCUT2D eigenvalue weighted by molar-refractivity contribution is 7.98. The molecule has 2 aromatic heterocycles. The van der Waals surface area contributed by atoms with Crippen LogP contribution in [0.3, 0.4) is 0 Å². The molecule has 0 unspecified atom stereocenters. The van der Waals surface area contributed by atoms with Crippen molar-refractivity contribution in [2.24, 2.45) is 0 Å². The van der Waals surface area contributed by atoms with Gasteiger partial charge in [0.05, 0.1) is 16.3 Å². The first-order chi connectivity index (χ1) is 13.7. The van der Waals surface area contributed by atoms with Gasteiger partial charge in [0.1, 0.15) is 0 Å². The number of benzene rings is 2. The largest absolute Gasteiger partial charge is 0.352 e. The predicted molar refractivity (Wildman–Crippen MR) is 121 cm³/mol. The molecule has 0 aliphatic heterocycles. The Balaban J connectivity index is 1.38. The highest BCUT2D eigenvalue weighted by Gasteiger charge is 2.12. The molecule has 0 spiro atoms. The van der Waals surface area contributed by atoms with Crippen molar-refractivity contribution in [1.82, 2.24) is 10.3 Å². The summed E-state index contributed by atoms with van der Waals surface area (Å²) in [6, 6.07) is 16.2. The molecule has 0 aliphatic carbocycles. The second kappa shape index (κ2) is 8.90. The molecule has 1 amide bonds. The van der Waals surface area contributed by atoms with E-state index in [2.05, 4.69) is 45.3 Å². The second-order valence-electron chi connectivity index (χ2n) is 6.41. The summed E-state index contributed by atoms with van der Waals surface area (Å²) >= 11 is 5.07. The molecule has 0 bridgehead atoms. The normalized spacial score (nSPS) is 11.0. The van der Waals surface area contributed by atoms with Crippen LogP contribution in [0.2, 0.25) is 0 Å². The summed E-state index contributed by atoms with van der Waals surface area (Å²) in [5, 5.41) is 9.71. The van der Waals surface area contributed by atoms with Crippen LogP contribution in [0.1, 0.15) is 26.6 Å². The summed E-state index contributed by atoms with van der Waals surface area (Å²) in [6.45, 7) is 2.64. The number of nitrogens with zero attached hydrogens (tertiary/aromatic N) is 1. The fourth-order valence-corrected chi connectivity index (χ4v) is 5.70. The summed E-state index contributed by atoms with van der Waals surface area (Å²) in [7, 11) is 0. The van der Waals surface area contributed by atoms with Crippen LogP contribution in [0, 0.1) is 6.92 Å². The van der Waals surface area contributed by atoms with Gasteiger partial charge in [0, 0.05) is 27.3 Å². The first-order valence-electron chi connectivity index (χ1n) is 9.07. The van der Waals surface area contributed by atoms with Crippen LogP contribution in [-0.4, -0.2) is 17.4 Å². The molecular formula is C22H20N2OS3. The summed E-state index contributed by atoms with van der Waals surface area (Å²) in [5.41, 5.74) is 3.09. The van der Waals surface area contributed by atoms with Crippen LogP contribution < -0.4 is 5.32 Å². The first-order valence-corrected chi connectivity index (χ1v) is 11.8. The van der Waals surface area contributed by atoms with E-state index in [0.717, 1.165) is 33.3 Å². The minimum absolute atomic E-state index is 0.0166. The molecule has 0 radical (unpaired) electrons. The lowest BCUT2D eigenvalue weighted by molar-refractivity contribution is 0.0951. The summed E-state index contributed by atoms with van der Waals surface area (Å²) in [4.78, 5) is 18.2. The van der Waals surface area contributed by atoms with Crippen molar-refractivity contribution in [3.05, 3.63) is 81.1 Å². The number of rotatable bonds is 7. The maximum absolute atomic E-state index is 12.7. The Morgan fingerprint density at radius 1 is 1.07 bits per heavy atom. The molecule has 0 atom stereocenters. The third-order valence-corrected chi connectivity index (χ3v) is 7.36. The minimum atomic E-state index is -0.0166. The van der Waals surface area contributed by atoms with Gasteiger partial charge in [0.25, 0.3) is 5.91 Å². The van der Waals surface area contributed by atoms with Gasteiger partial charge in [0.2, 0.25) is 0 Å². The summed E-state index contributed by atoms with van der Waals surface area (Å²) in [6.07, 6.45) is 0.836. The number of aromatic nitrogens is 1. The van der Waals surface area contributed by atoms with Gasteiger partial charge in [-0.1, -0.05) is 30.3 Å². The van der Waals surface area contributed by atoms with Crippen molar-refractivity contribution in [3.63, 3.8) is 0 Å². The maximum Gasteiger partial charge on any atom is 0.252 e. The Morgan fingerprint density at radius 2 is 1.89 bits per heavy atom. The fraction of sp³-hybridized carbons (Fsp3) is 0.182. The topological polar surface area (TPSA) is 42.0 Å². The Hall–Kier alpha value is -2.15. The Labute approximate surface area is 176 Å². The molecule has 6 heteroatoms. The number of amides is 1. The Kier molecular flexibility index (Phi) is 6.10. The number of thiophene rings is 1. The standard InChI is InChI=1S/C22H20N2OS3/c1-15-24-17(13-26-15)14-28-21-9-5-3-7-19(21)22(25)23-11-10-16-12-27-20-8-4-2-6-18(16)20/h2-9,12-13H,10-11,14H2,1H3,(H,23,25). The zero-order valence-corrected chi connectivity index (χ0v) is 17.9. The number of carbonyl (C=O) groups is 1. The molecule has 2 heterocycles. The van der Waals surface area contributed by atoms with Crippen molar-refractivity contribution in [2.45, 2.75) is 24.0 Å². The third-order valence-electron chi connectivity index (χ3n) is 4.41. The number of hydrogen-bond donors (Lipinski definition) is 1. The zero-order chi connectivity index (χ0) is 19.3. The van der Waals surface area contributed by atoms with E-state index in [1.54, 1.807) is 34.4 Å². The molecular weight excluding hydrogens is 404 g/mol. The number of nitrogens with one attached hydrogen (secondary N) is 1. The first kappa shape index (κ1) is 19.2. The second-order valence-corrected chi connectivity index (χ2v) is 9.40. The monoisotopic (exact) mass is 424 g/mol. The van der Waals surface area contributed by atoms with Gasteiger partial charge in [-0.15, -0.1) is 34.4 Å². The van der Waals surface area contributed by atoms with Crippen LogP contribution in [0.4, 0.5) is 0 Å². The highest BCUT2D eigenvalue weighted by Crippen LogP contribution is 2.27. The molecule has 4 aromatic rings. The van der Waals surface area contributed by atoms with Crippen LogP contribution in [-0.2, 0) is 12.2 Å². The Bertz CT molecular complexity index is 1100. The molecule has 2 aromatic carbocycles. The van der Waals surface area contributed by atoms with Crippen molar-refractivity contribution in [3.8, 4) is 0 Å². The average molecular weight is 425 g/mol. The zero-order valence-electron chi connectivity index (χ0n) is 15.5. The van der Waals surface area contributed by atoms with E-state index in [9.17, 15) is 4.79 Å². The van der Waals surface area contributed by atoms with E-state index < -0.39 is 0 Å². The van der Waals surface area contributed by atoms with Gasteiger partial charge in [0.15, 0.2) is 0 Å². The van der Waals surface area contributed by atoms with Crippen LogP contribution >= 0.6 is 34.4 Å². The van der Waals surface area contributed by atoms with Crippen molar-refractivity contribution in [1.29, 1.82) is 0 Å². The molecule has 3 nitrogen and oxygen atoms in total. The lowest BCUT2D eigenvalue weighted by atomic mass is 10.1. The Morgan fingerprint density at radius 3 is 2.75 bits per heavy atom. The van der Waals surface area contributed by atoms with Crippen LogP contribution in [0.25, 0.3) is 10.1 Å². The average Bonchev–Trinajstić information content (AvgIpc) is 3.33. The molecule has 142 valence electrons. The number of carbonyl (C=O) groups excluding carboxylic acids is 1. The number of aryl methyl sites for hydroxylation is 1. The van der Waals surface area contributed by atoms with Crippen molar-refractivity contribution in [2.75, 3.05) is 6.54 Å². The summed E-state index contributed by atoms with van der Waals surface area (Å²) in [5.74, 6) is 0.757. The third kappa shape index (κ3) is 4.46. The lowest BCUT2D eigenvalue weighted by Gasteiger charge is -2.09. The number of thiazole rings is 1.